The number of rotatable bonds is 6. The zero-order chi connectivity index (χ0) is 24.2. The summed E-state index contributed by atoms with van der Waals surface area (Å²) in [5.74, 6) is -6.33. The van der Waals surface area contributed by atoms with Crippen molar-refractivity contribution in [3.63, 3.8) is 0 Å². The minimum atomic E-state index is -1.29. The van der Waals surface area contributed by atoms with E-state index in [0.717, 1.165) is 0 Å². The van der Waals surface area contributed by atoms with E-state index in [-0.39, 0.29) is 29.0 Å². The molecule has 0 N–H and O–H groups in total. The highest BCUT2D eigenvalue weighted by atomic mass is 19.2. The Balaban J connectivity index is 1.54. The molecule has 0 bridgehead atoms. The molecule has 0 aliphatic carbocycles. The molecule has 0 amide bonds. The van der Waals surface area contributed by atoms with E-state index >= 15 is 0 Å². The van der Waals surface area contributed by atoms with Crippen LogP contribution in [-0.4, -0.2) is 12.6 Å². The Morgan fingerprint density at radius 1 is 0.647 bits per heavy atom. The summed E-state index contributed by atoms with van der Waals surface area (Å²) in [5, 5.41) is 0. The second kappa shape index (κ2) is 9.79. The zero-order valence-electron chi connectivity index (χ0n) is 17.9. The second-order valence-corrected chi connectivity index (χ2v) is 7.24. The van der Waals surface area contributed by atoms with Crippen LogP contribution in [0.1, 0.15) is 17.3 Å². The summed E-state index contributed by atoms with van der Waals surface area (Å²) in [6, 6.07) is 19.0. The van der Waals surface area contributed by atoms with Crippen molar-refractivity contribution in [3.05, 3.63) is 108 Å². The predicted molar refractivity (Wildman–Crippen MR) is 120 cm³/mol. The van der Waals surface area contributed by atoms with Gasteiger partial charge in [-0.25, -0.2) is 13.6 Å². The Bertz CT molecular complexity index is 1340. The lowest BCUT2D eigenvalue weighted by atomic mass is 10.0. The van der Waals surface area contributed by atoms with Gasteiger partial charge in [0.25, 0.3) is 0 Å². The number of esters is 1. The van der Waals surface area contributed by atoms with E-state index in [9.17, 15) is 22.4 Å². The van der Waals surface area contributed by atoms with Crippen molar-refractivity contribution in [2.24, 2.45) is 0 Å². The van der Waals surface area contributed by atoms with Gasteiger partial charge >= 0.3 is 5.97 Å². The highest BCUT2D eigenvalue weighted by Crippen LogP contribution is 2.32. The molecule has 0 heterocycles. The molecular weight excluding hydrogens is 448 g/mol. The van der Waals surface area contributed by atoms with Gasteiger partial charge in [0, 0.05) is 11.1 Å². The molecule has 34 heavy (non-hydrogen) atoms. The lowest BCUT2D eigenvalue weighted by Crippen LogP contribution is -2.10. The summed E-state index contributed by atoms with van der Waals surface area (Å²) in [4.78, 5) is 12.5. The smallest absolute Gasteiger partial charge is 0.343 e. The third-order valence-corrected chi connectivity index (χ3v) is 5.11. The Kier molecular flexibility index (Phi) is 6.63. The molecule has 0 aliphatic rings. The Morgan fingerprint density at radius 2 is 1.18 bits per heavy atom. The normalized spacial score (nSPS) is 10.7. The first-order chi connectivity index (χ1) is 16.4. The lowest BCUT2D eigenvalue weighted by Gasteiger charge is -2.11. The van der Waals surface area contributed by atoms with Crippen molar-refractivity contribution < 1.29 is 31.8 Å². The summed E-state index contributed by atoms with van der Waals surface area (Å²) < 4.78 is 67.7. The molecule has 4 aromatic carbocycles. The number of carbonyl (C=O) groups is 1. The van der Waals surface area contributed by atoms with Crippen molar-refractivity contribution in [2.75, 3.05) is 6.61 Å². The monoisotopic (exact) mass is 466 g/mol. The van der Waals surface area contributed by atoms with Crippen LogP contribution in [0.15, 0.2) is 78.9 Å². The number of benzene rings is 4. The number of hydrogen-bond acceptors (Lipinski definition) is 3. The molecule has 0 saturated carbocycles. The highest BCUT2D eigenvalue weighted by molar-refractivity contribution is 5.91. The van der Waals surface area contributed by atoms with Crippen LogP contribution < -0.4 is 9.47 Å². The molecule has 0 unspecified atom stereocenters. The van der Waals surface area contributed by atoms with Gasteiger partial charge in [0.2, 0.25) is 11.6 Å². The minimum absolute atomic E-state index is 0.0162. The van der Waals surface area contributed by atoms with Crippen LogP contribution in [0.2, 0.25) is 0 Å². The number of carbonyl (C=O) groups excluding carboxylic acids is 1. The van der Waals surface area contributed by atoms with Gasteiger partial charge in [-0.1, -0.05) is 42.5 Å². The molecule has 0 fully saturated rings. The molecule has 0 atom stereocenters. The van der Waals surface area contributed by atoms with Gasteiger partial charge in [-0.15, -0.1) is 0 Å². The quantitative estimate of drug-likeness (QED) is 0.171. The lowest BCUT2D eigenvalue weighted by molar-refractivity contribution is 0.0727. The van der Waals surface area contributed by atoms with Crippen LogP contribution in [0.5, 0.6) is 11.5 Å². The van der Waals surface area contributed by atoms with E-state index in [1.165, 1.54) is 48.5 Å². The molecule has 0 spiro atoms. The van der Waals surface area contributed by atoms with Gasteiger partial charge in [0.1, 0.15) is 0 Å². The minimum Gasteiger partial charge on any atom is -0.491 e. The van der Waals surface area contributed by atoms with Crippen LogP contribution in [0.25, 0.3) is 22.3 Å². The molecule has 172 valence electrons. The van der Waals surface area contributed by atoms with E-state index < -0.39 is 35.0 Å². The largest absolute Gasteiger partial charge is 0.491 e. The van der Waals surface area contributed by atoms with Gasteiger partial charge in [0.05, 0.1) is 12.2 Å². The van der Waals surface area contributed by atoms with Crippen molar-refractivity contribution >= 4 is 5.97 Å². The van der Waals surface area contributed by atoms with Crippen LogP contribution in [-0.2, 0) is 0 Å². The highest BCUT2D eigenvalue weighted by Gasteiger charge is 2.20. The van der Waals surface area contributed by atoms with Crippen molar-refractivity contribution in [1.29, 1.82) is 0 Å². The van der Waals surface area contributed by atoms with Gasteiger partial charge in [-0.3, -0.25) is 0 Å². The Labute approximate surface area is 193 Å². The maximum Gasteiger partial charge on any atom is 0.343 e. The number of hydrogen-bond donors (Lipinski definition) is 0. The first-order valence-corrected chi connectivity index (χ1v) is 10.4. The molecule has 0 aliphatic heterocycles. The van der Waals surface area contributed by atoms with E-state index in [2.05, 4.69) is 0 Å². The fourth-order valence-corrected chi connectivity index (χ4v) is 3.42. The fraction of sp³-hybridized carbons (Fsp3) is 0.0741. The third kappa shape index (κ3) is 4.50. The fourth-order valence-electron chi connectivity index (χ4n) is 3.42. The Hall–Kier alpha value is -4.13. The average Bonchev–Trinajstić information content (AvgIpc) is 2.86. The molecule has 3 nitrogen and oxygen atoms in total. The third-order valence-electron chi connectivity index (χ3n) is 5.11. The first kappa shape index (κ1) is 23.0. The zero-order valence-corrected chi connectivity index (χ0v) is 17.9. The molecule has 4 rings (SSSR count). The standard InChI is InChI=1S/C27H18F4O3/c1-2-33-21-14-12-20(23(28)25(21)30)17-8-10-18(11-9-17)27(32)34-22-15-13-19(24(29)26(22)31)16-6-4-3-5-7-16/h3-15H,2H2,1H3. The molecule has 0 radical (unpaired) electrons. The summed E-state index contributed by atoms with van der Waals surface area (Å²) >= 11 is 0. The molecular formula is C27H18F4O3. The summed E-state index contributed by atoms with van der Waals surface area (Å²) in [5.41, 5.74) is 0.811. The molecule has 0 aromatic heterocycles. The summed E-state index contributed by atoms with van der Waals surface area (Å²) in [6.45, 7) is 1.84. The van der Waals surface area contributed by atoms with Gasteiger partial charge < -0.3 is 9.47 Å². The van der Waals surface area contributed by atoms with Crippen molar-refractivity contribution in [1.82, 2.24) is 0 Å². The van der Waals surface area contributed by atoms with Gasteiger partial charge in [0.15, 0.2) is 23.1 Å². The van der Waals surface area contributed by atoms with Crippen molar-refractivity contribution in [2.45, 2.75) is 6.92 Å². The summed E-state index contributed by atoms with van der Waals surface area (Å²) in [6.07, 6.45) is 0. The van der Waals surface area contributed by atoms with E-state index in [1.54, 1.807) is 37.3 Å². The second-order valence-electron chi connectivity index (χ2n) is 7.24. The number of halogens is 4. The maximum atomic E-state index is 14.5. The van der Waals surface area contributed by atoms with Crippen LogP contribution in [0.3, 0.4) is 0 Å². The van der Waals surface area contributed by atoms with Crippen LogP contribution >= 0.6 is 0 Å². The van der Waals surface area contributed by atoms with E-state index in [1.807, 2.05) is 0 Å². The average molecular weight is 466 g/mol. The topological polar surface area (TPSA) is 35.5 Å². The Morgan fingerprint density at radius 3 is 1.76 bits per heavy atom. The maximum absolute atomic E-state index is 14.5. The molecule has 0 saturated heterocycles. The van der Waals surface area contributed by atoms with Gasteiger partial charge in [-0.05, 0) is 54.4 Å². The SMILES string of the molecule is CCOc1ccc(-c2ccc(C(=O)Oc3ccc(-c4ccccc4)c(F)c3F)cc2)c(F)c1F. The van der Waals surface area contributed by atoms with E-state index in [0.29, 0.717) is 11.1 Å². The summed E-state index contributed by atoms with van der Waals surface area (Å²) in [7, 11) is 0. The van der Waals surface area contributed by atoms with Crippen molar-refractivity contribution in [3.8, 4) is 33.8 Å². The first-order valence-electron chi connectivity index (χ1n) is 10.4. The molecule has 4 aromatic rings. The molecule has 7 heteroatoms. The van der Waals surface area contributed by atoms with Crippen LogP contribution in [0.4, 0.5) is 17.6 Å². The van der Waals surface area contributed by atoms with Crippen LogP contribution in [0, 0.1) is 23.3 Å². The number of ether oxygens (including phenoxy) is 2. The van der Waals surface area contributed by atoms with E-state index in [4.69, 9.17) is 9.47 Å². The predicted octanol–water partition coefficient (Wildman–Crippen LogP) is 7.19. The van der Waals surface area contributed by atoms with Gasteiger partial charge in [-0.2, -0.15) is 8.78 Å².